The van der Waals surface area contributed by atoms with Gasteiger partial charge in [-0.2, -0.15) is 0 Å². The fraction of sp³-hybridized carbons (Fsp3) is 0.550. The van der Waals surface area contributed by atoms with Crippen molar-refractivity contribution in [1.29, 1.82) is 0 Å². The summed E-state index contributed by atoms with van der Waals surface area (Å²) >= 11 is 6.10. The number of hydrogen-bond acceptors (Lipinski definition) is 3. The summed E-state index contributed by atoms with van der Waals surface area (Å²) in [5.74, 6) is 2.30. The smallest absolute Gasteiger partial charge is 0.142 e. The van der Waals surface area contributed by atoms with Gasteiger partial charge in [-0.3, -0.25) is 4.90 Å². The van der Waals surface area contributed by atoms with Crippen LogP contribution in [0.3, 0.4) is 0 Å². The average Bonchev–Trinajstić information content (AvgIpc) is 3.12. The van der Waals surface area contributed by atoms with Gasteiger partial charge < -0.3 is 4.52 Å². The molecule has 0 amide bonds. The van der Waals surface area contributed by atoms with E-state index in [1.807, 2.05) is 12.1 Å². The van der Waals surface area contributed by atoms with Gasteiger partial charge in [0.05, 0.1) is 5.69 Å². The molecule has 4 heteroatoms. The monoisotopic (exact) mass is 344 g/mol. The highest BCUT2D eigenvalue weighted by Gasteiger charge is 2.48. The minimum absolute atomic E-state index is 0.370. The summed E-state index contributed by atoms with van der Waals surface area (Å²) in [6, 6.07) is 11.8. The number of piperidine rings is 1. The lowest BCUT2D eigenvalue weighted by atomic mass is 9.75. The Labute approximate surface area is 149 Å². The zero-order chi connectivity index (χ0) is 16.8. The quantitative estimate of drug-likeness (QED) is 0.767. The van der Waals surface area contributed by atoms with Crippen molar-refractivity contribution in [2.45, 2.75) is 62.9 Å². The third-order valence-electron chi connectivity index (χ3n) is 6.03. The predicted molar refractivity (Wildman–Crippen MR) is 96.7 cm³/mol. The van der Waals surface area contributed by atoms with Gasteiger partial charge in [-0.05, 0) is 55.8 Å². The van der Waals surface area contributed by atoms with E-state index < -0.39 is 0 Å². The van der Waals surface area contributed by atoms with E-state index in [-0.39, 0.29) is 0 Å². The molecule has 4 rings (SSSR count). The van der Waals surface area contributed by atoms with Crippen molar-refractivity contribution in [3.8, 4) is 0 Å². The summed E-state index contributed by atoms with van der Waals surface area (Å²) < 4.78 is 5.84. The van der Waals surface area contributed by atoms with Gasteiger partial charge in [0.2, 0.25) is 0 Å². The minimum Gasteiger partial charge on any atom is -0.361 e. The number of likely N-dealkylation sites (N-methyl/N-ethyl adjacent to an activating group) is 1. The van der Waals surface area contributed by atoms with Crippen molar-refractivity contribution in [2.24, 2.45) is 0 Å². The van der Waals surface area contributed by atoms with Crippen molar-refractivity contribution >= 4 is 11.6 Å². The van der Waals surface area contributed by atoms with Crippen molar-refractivity contribution in [3.63, 3.8) is 0 Å². The average molecular weight is 345 g/mol. The second-order valence-corrected chi connectivity index (χ2v) is 8.13. The molecule has 1 aromatic heterocycles. The maximum absolute atomic E-state index is 6.10. The highest BCUT2D eigenvalue weighted by molar-refractivity contribution is 6.30. The lowest BCUT2D eigenvalue weighted by Gasteiger charge is -2.42. The normalized spacial score (nSPS) is 30.2. The van der Waals surface area contributed by atoms with Crippen molar-refractivity contribution in [1.82, 2.24) is 10.1 Å². The van der Waals surface area contributed by atoms with Crippen LogP contribution in [0.25, 0.3) is 0 Å². The molecule has 4 atom stereocenters. The van der Waals surface area contributed by atoms with Crippen LogP contribution >= 0.6 is 11.6 Å². The fourth-order valence-electron chi connectivity index (χ4n) is 4.64. The van der Waals surface area contributed by atoms with Crippen molar-refractivity contribution in [2.75, 3.05) is 7.05 Å². The first-order valence-corrected chi connectivity index (χ1v) is 9.36. The van der Waals surface area contributed by atoms with E-state index in [2.05, 4.69) is 49.2 Å². The molecule has 128 valence electrons. The van der Waals surface area contributed by atoms with Gasteiger partial charge in [0.25, 0.3) is 0 Å². The van der Waals surface area contributed by atoms with Crippen LogP contribution in [0.2, 0.25) is 5.02 Å². The van der Waals surface area contributed by atoms with Crippen LogP contribution in [-0.2, 0) is 0 Å². The van der Waals surface area contributed by atoms with Crippen molar-refractivity contribution < 1.29 is 4.52 Å². The minimum atomic E-state index is 0.370. The first-order chi connectivity index (χ1) is 11.5. The molecule has 2 bridgehead atoms. The Kier molecular flexibility index (Phi) is 4.17. The molecule has 0 aliphatic carbocycles. The van der Waals surface area contributed by atoms with E-state index in [9.17, 15) is 0 Å². The van der Waals surface area contributed by atoms with Crippen molar-refractivity contribution in [3.05, 3.63) is 52.4 Å². The molecule has 0 saturated carbocycles. The van der Waals surface area contributed by atoms with Crippen LogP contribution in [0.4, 0.5) is 0 Å². The van der Waals surface area contributed by atoms with Gasteiger partial charge in [0, 0.05) is 29.1 Å². The highest BCUT2D eigenvalue weighted by Crippen LogP contribution is 2.51. The summed E-state index contributed by atoms with van der Waals surface area (Å²) in [7, 11) is 2.27. The molecule has 2 fully saturated rings. The predicted octanol–water partition coefficient (Wildman–Crippen LogP) is 5.19. The van der Waals surface area contributed by atoms with E-state index in [0.717, 1.165) is 16.5 Å². The number of benzene rings is 1. The topological polar surface area (TPSA) is 29.3 Å². The Balaban J connectivity index is 1.74. The van der Waals surface area contributed by atoms with Gasteiger partial charge >= 0.3 is 0 Å². The Hall–Kier alpha value is -1.32. The molecule has 1 aromatic carbocycles. The lowest BCUT2D eigenvalue weighted by molar-refractivity contribution is 0.122. The molecule has 2 aliphatic heterocycles. The number of halogens is 1. The third-order valence-corrected chi connectivity index (χ3v) is 6.29. The Morgan fingerprint density at radius 3 is 2.62 bits per heavy atom. The highest BCUT2D eigenvalue weighted by atomic mass is 35.5. The number of rotatable bonds is 3. The first kappa shape index (κ1) is 16.2. The van der Waals surface area contributed by atoms with Gasteiger partial charge in [0.1, 0.15) is 5.76 Å². The molecule has 2 saturated heterocycles. The van der Waals surface area contributed by atoms with Gasteiger partial charge in [0.15, 0.2) is 0 Å². The fourth-order valence-corrected chi connectivity index (χ4v) is 4.77. The summed E-state index contributed by atoms with van der Waals surface area (Å²) in [4.78, 5) is 2.56. The first-order valence-electron chi connectivity index (χ1n) is 8.98. The van der Waals surface area contributed by atoms with Crippen LogP contribution in [0.1, 0.15) is 67.9 Å². The van der Waals surface area contributed by atoms with E-state index >= 15 is 0 Å². The zero-order valence-corrected chi connectivity index (χ0v) is 15.3. The van der Waals surface area contributed by atoms with Gasteiger partial charge in [-0.25, -0.2) is 0 Å². The maximum atomic E-state index is 6.10. The SMILES string of the molecule is CC(C)c1cc([C@@H]2C3CC[C@H](C[C@@H]2c2ccc(Cl)cc2)N3C)on1. The summed E-state index contributed by atoms with van der Waals surface area (Å²) in [5.41, 5.74) is 2.43. The molecule has 0 spiro atoms. The summed E-state index contributed by atoms with van der Waals surface area (Å²) in [6.45, 7) is 4.33. The Bertz CT molecular complexity index is 709. The van der Waals surface area contributed by atoms with Gasteiger partial charge in [-0.1, -0.05) is 42.7 Å². The Morgan fingerprint density at radius 1 is 1.21 bits per heavy atom. The molecule has 1 unspecified atom stereocenters. The van der Waals surface area contributed by atoms with Crippen LogP contribution in [0.5, 0.6) is 0 Å². The largest absolute Gasteiger partial charge is 0.361 e. The van der Waals surface area contributed by atoms with Crippen LogP contribution in [-0.4, -0.2) is 29.2 Å². The molecule has 24 heavy (non-hydrogen) atoms. The van der Waals surface area contributed by atoms with Crippen LogP contribution in [0, 0.1) is 0 Å². The summed E-state index contributed by atoms with van der Waals surface area (Å²) in [5, 5.41) is 5.12. The second kappa shape index (κ2) is 6.20. The van der Waals surface area contributed by atoms with E-state index in [1.165, 1.54) is 24.8 Å². The van der Waals surface area contributed by atoms with Gasteiger partial charge in [-0.15, -0.1) is 0 Å². The molecule has 2 aromatic rings. The second-order valence-electron chi connectivity index (χ2n) is 7.69. The number of fused-ring (bicyclic) bond motifs is 2. The van der Waals surface area contributed by atoms with E-state index in [1.54, 1.807) is 0 Å². The van der Waals surface area contributed by atoms with E-state index in [0.29, 0.717) is 29.8 Å². The molecule has 3 nitrogen and oxygen atoms in total. The van der Waals surface area contributed by atoms with Crippen LogP contribution < -0.4 is 0 Å². The van der Waals surface area contributed by atoms with Crippen LogP contribution in [0.15, 0.2) is 34.9 Å². The molecule has 2 aliphatic rings. The van der Waals surface area contributed by atoms with E-state index in [4.69, 9.17) is 16.1 Å². The molecule has 0 radical (unpaired) electrons. The number of aromatic nitrogens is 1. The number of hydrogen-bond donors (Lipinski definition) is 0. The molecule has 3 heterocycles. The molecule has 0 N–H and O–H groups in total. The lowest BCUT2D eigenvalue weighted by Crippen LogP contribution is -2.44. The third kappa shape index (κ3) is 2.68. The molecular formula is C20H25ClN2O. The number of nitrogens with zero attached hydrogens (tertiary/aromatic N) is 2. The Morgan fingerprint density at radius 2 is 1.96 bits per heavy atom. The summed E-state index contributed by atoms with van der Waals surface area (Å²) in [6.07, 6.45) is 3.71. The zero-order valence-electron chi connectivity index (χ0n) is 14.6. The molecular weight excluding hydrogens is 320 g/mol. The maximum Gasteiger partial charge on any atom is 0.142 e. The standard InChI is InChI=1S/C20H25ClN2O/c1-12(2)17-11-19(24-22-17)20-16(13-4-6-14(21)7-5-13)10-15-8-9-18(20)23(15)3/h4-7,11-12,15-16,18,20H,8-10H2,1-3H3/t15-,16-,18?,20+/m1/s1.